The highest BCUT2D eigenvalue weighted by Gasteiger charge is 2.17. The summed E-state index contributed by atoms with van der Waals surface area (Å²) in [6.45, 7) is 2.04. The Labute approximate surface area is 109 Å². The maximum absolute atomic E-state index is 4.40. The van der Waals surface area contributed by atoms with E-state index in [0.29, 0.717) is 6.04 Å². The number of hydrogen-bond donors (Lipinski definition) is 3. The van der Waals surface area contributed by atoms with Crippen molar-refractivity contribution in [1.29, 1.82) is 0 Å². The number of pyridine rings is 1. The van der Waals surface area contributed by atoms with Gasteiger partial charge in [-0.25, -0.2) is 9.97 Å². The molecule has 3 aromatic heterocycles. The first kappa shape index (κ1) is 10.7. The molecule has 6 heteroatoms. The van der Waals surface area contributed by atoms with Crippen LogP contribution in [0.1, 0.15) is 6.42 Å². The van der Waals surface area contributed by atoms with Gasteiger partial charge in [0.05, 0.1) is 17.1 Å². The van der Waals surface area contributed by atoms with Gasteiger partial charge in [0.1, 0.15) is 17.8 Å². The van der Waals surface area contributed by atoms with Gasteiger partial charge in [0.15, 0.2) is 0 Å². The van der Waals surface area contributed by atoms with E-state index >= 15 is 0 Å². The topological polar surface area (TPSA) is 78.5 Å². The second kappa shape index (κ2) is 4.17. The SMILES string of the molecule is c1cc2c(cn1)[nH]c1ncnc(N[C@@H]3CCNC3)c12. The van der Waals surface area contributed by atoms with E-state index in [2.05, 4.69) is 30.6 Å². The van der Waals surface area contributed by atoms with Gasteiger partial charge in [0.25, 0.3) is 0 Å². The zero-order valence-corrected chi connectivity index (χ0v) is 10.3. The van der Waals surface area contributed by atoms with Crippen LogP contribution in [0.2, 0.25) is 0 Å². The Bertz CT molecular complexity index is 728. The molecule has 1 atom stereocenters. The number of anilines is 1. The Morgan fingerprint density at radius 3 is 3.21 bits per heavy atom. The van der Waals surface area contributed by atoms with E-state index in [1.165, 1.54) is 0 Å². The molecule has 0 aliphatic carbocycles. The average Bonchev–Trinajstić information content (AvgIpc) is 3.05. The van der Waals surface area contributed by atoms with Gasteiger partial charge < -0.3 is 15.6 Å². The molecule has 0 amide bonds. The van der Waals surface area contributed by atoms with Crippen LogP contribution in [0.5, 0.6) is 0 Å². The molecule has 1 aliphatic rings. The minimum atomic E-state index is 0.435. The number of fused-ring (bicyclic) bond motifs is 3. The highest BCUT2D eigenvalue weighted by molar-refractivity contribution is 6.10. The highest BCUT2D eigenvalue weighted by atomic mass is 15.1. The van der Waals surface area contributed by atoms with Crippen LogP contribution in [-0.2, 0) is 0 Å². The Hall–Kier alpha value is -2.21. The third-order valence-electron chi connectivity index (χ3n) is 3.59. The molecule has 1 aliphatic heterocycles. The molecule has 1 saturated heterocycles. The molecule has 0 spiro atoms. The molecular weight excluding hydrogens is 240 g/mol. The standard InChI is InChI=1S/C13H14N6/c1-3-14-5-8(1)18-12-11-9-2-4-15-6-10(9)19-13(11)17-7-16-12/h2,4,6-8,14H,1,3,5H2,(H2,16,17,18,19)/t8-/m1/s1. The predicted octanol–water partition coefficient (Wildman–Crippen LogP) is 1.28. The number of aromatic amines is 1. The van der Waals surface area contributed by atoms with E-state index in [1.807, 2.05) is 12.3 Å². The number of H-pyrrole nitrogens is 1. The minimum Gasteiger partial charge on any atom is -0.365 e. The maximum Gasteiger partial charge on any atom is 0.143 e. The van der Waals surface area contributed by atoms with Gasteiger partial charge in [-0.3, -0.25) is 4.98 Å². The van der Waals surface area contributed by atoms with Gasteiger partial charge in [-0.1, -0.05) is 0 Å². The molecule has 1 fully saturated rings. The Morgan fingerprint density at radius 1 is 1.32 bits per heavy atom. The largest absolute Gasteiger partial charge is 0.365 e. The van der Waals surface area contributed by atoms with Crippen LogP contribution in [-0.4, -0.2) is 39.1 Å². The molecule has 0 radical (unpaired) electrons. The molecule has 0 saturated carbocycles. The van der Waals surface area contributed by atoms with Gasteiger partial charge in [-0.2, -0.15) is 0 Å². The average molecular weight is 254 g/mol. The fourth-order valence-electron chi connectivity index (χ4n) is 2.66. The van der Waals surface area contributed by atoms with E-state index < -0.39 is 0 Å². The summed E-state index contributed by atoms with van der Waals surface area (Å²) in [6.07, 6.45) is 6.33. The van der Waals surface area contributed by atoms with Crippen molar-refractivity contribution >= 4 is 27.8 Å². The summed E-state index contributed by atoms with van der Waals surface area (Å²) in [5.41, 5.74) is 1.84. The van der Waals surface area contributed by atoms with Crippen LogP contribution in [0.15, 0.2) is 24.8 Å². The summed E-state index contributed by atoms with van der Waals surface area (Å²) >= 11 is 0. The van der Waals surface area contributed by atoms with Gasteiger partial charge in [0, 0.05) is 24.2 Å². The predicted molar refractivity (Wildman–Crippen MR) is 74.1 cm³/mol. The molecule has 0 bridgehead atoms. The summed E-state index contributed by atoms with van der Waals surface area (Å²) < 4.78 is 0. The Morgan fingerprint density at radius 2 is 2.32 bits per heavy atom. The monoisotopic (exact) mass is 254 g/mol. The van der Waals surface area contributed by atoms with Crippen molar-refractivity contribution < 1.29 is 0 Å². The maximum atomic E-state index is 4.40. The first-order chi connectivity index (χ1) is 9.42. The lowest BCUT2D eigenvalue weighted by Gasteiger charge is -2.12. The molecule has 4 heterocycles. The van der Waals surface area contributed by atoms with Crippen LogP contribution in [0.4, 0.5) is 5.82 Å². The van der Waals surface area contributed by atoms with Crippen LogP contribution in [0.3, 0.4) is 0 Å². The van der Waals surface area contributed by atoms with Crippen molar-refractivity contribution in [2.75, 3.05) is 18.4 Å². The third kappa shape index (κ3) is 1.72. The fraction of sp³-hybridized carbons (Fsp3) is 0.308. The number of hydrogen-bond acceptors (Lipinski definition) is 5. The van der Waals surface area contributed by atoms with E-state index in [4.69, 9.17) is 0 Å². The molecule has 3 N–H and O–H groups in total. The van der Waals surface area contributed by atoms with Crippen molar-refractivity contribution in [3.8, 4) is 0 Å². The molecule has 19 heavy (non-hydrogen) atoms. The van der Waals surface area contributed by atoms with Crippen molar-refractivity contribution in [2.45, 2.75) is 12.5 Å². The Kier molecular flexibility index (Phi) is 2.34. The first-order valence-electron chi connectivity index (χ1n) is 6.45. The smallest absolute Gasteiger partial charge is 0.143 e. The molecule has 6 nitrogen and oxygen atoms in total. The number of aromatic nitrogens is 4. The number of rotatable bonds is 2. The van der Waals surface area contributed by atoms with Gasteiger partial charge in [0.2, 0.25) is 0 Å². The fourth-order valence-corrected chi connectivity index (χ4v) is 2.66. The summed E-state index contributed by atoms with van der Waals surface area (Å²) in [4.78, 5) is 16.1. The van der Waals surface area contributed by atoms with E-state index in [-0.39, 0.29) is 0 Å². The summed E-state index contributed by atoms with van der Waals surface area (Å²) in [7, 11) is 0. The number of nitrogens with zero attached hydrogens (tertiary/aromatic N) is 3. The van der Waals surface area contributed by atoms with Crippen molar-refractivity contribution in [3.63, 3.8) is 0 Å². The summed E-state index contributed by atoms with van der Waals surface area (Å²) in [5.74, 6) is 0.899. The first-order valence-corrected chi connectivity index (χ1v) is 6.45. The van der Waals surface area contributed by atoms with Crippen LogP contribution >= 0.6 is 0 Å². The van der Waals surface area contributed by atoms with Crippen LogP contribution in [0.25, 0.3) is 21.9 Å². The zero-order chi connectivity index (χ0) is 12.7. The molecule has 96 valence electrons. The summed E-state index contributed by atoms with van der Waals surface area (Å²) in [5, 5.41) is 9.01. The van der Waals surface area contributed by atoms with Crippen molar-refractivity contribution in [3.05, 3.63) is 24.8 Å². The lowest BCUT2D eigenvalue weighted by Crippen LogP contribution is -2.22. The van der Waals surface area contributed by atoms with Crippen LogP contribution in [0, 0.1) is 0 Å². The number of nitrogens with one attached hydrogen (secondary N) is 3. The summed E-state index contributed by atoms with van der Waals surface area (Å²) in [6, 6.07) is 2.43. The van der Waals surface area contributed by atoms with E-state index in [1.54, 1.807) is 12.5 Å². The van der Waals surface area contributed by atoms with E-state index in [9.17, 15) is 0 Å². The lowest BCUT2D eigenvalue weighted by atomic mass is 10.2. The molecular formula is C13H14N6. The van der Waals surface area contributed by atoms with Crippen molar-refractivity contribution in [1.82, 2.24) is 25.3 Å². The lowest BCUT2D eigenvalue weighted by molar-refractivity contribution is 0.789. The molecule has 4 rings (SSSR count). The van der Waals surface area contributed by atoms with Gasteiger partial charge in [-0.05, 0) is 19.0 Å². The van der Waals surface area contributed by atoms with Gasteiger partial charge in [-0.15, -0.1) is 0 Å². The highest BCUT2D eigenvalue weighted by Crippen LogP contribution is 2.28. The normalized spacial score (nSPS) is 19.3. The molecule has 0 aromatic carbocycles. The minimum absolute atomic E-state index is 0.435. The third-order valence-corrected chi connectivity index (χ3v) is 3.59. The zero-order valence-electron chi connectivity index (χ0n) is 10.3. The molecule has 3 aromatic rings. The second-order valence-electron chi connectivity index (χ2n) is 4.83. The second-order valence-corrected chi connectivity index (χ2v) is 4.83. The van der Waals surface area contributed by atoms with Gasteiger partial charge >= 0.3 is 0 Å². The molecule has 0 unspecified atom stereocenters. The Balaban J connectivity index is 1.89. The van der Waals surface area contributed by atoms with Crippen molar-refractivity contribution in [2.24, 2.45) is 0 Å². The van der Waals surface area contributed by atoms with Crippen LogP contribution < -0.4 is 10.6 Å². The quantitative estimate of drug-likeness (QED) is 0.642. The van der Waals surface area contributed by atoms with E-state index in [0.717, 1.165) is 47.3 Å².